The number of nitrogens with one attached hydrogen (secondary N) is 1. The number of nitrogens with zero attached hydrogens (tertiary/aromatic N) is 1. The summed E-state index contributed by atoms with van der Waals surface area (Å²) in [6.07, 6.45) is 0.406. The molecule has 0 aliphatic carbocycles. The third kappa shape index (κ3) is 4.24. The van der Waals surface area contributed by atoms with Crippen molar-refractivity contribution < 1.29 is 13.9 Å². The van der Waals surface area contributed by atoms with Gasteiger partial charge in [-0.1, -0.05) is 17.7 Å². The van der Waals surface area contributed by atoms with Gasteiger partial charge in [0.05, 0.1) is 10.7 Å². The first-order chi connectivity index (χ1) is 9.76. The van der Waals surface area contributed by atoms with Gasteiger partial charge in [0.2, 0.25) is 0 Å². The van der Waals surface area contributed by atoms with Crippen LogP contribution in [0.25, 0.3) is 0 Å². The predicted molar refractivity (Wildman–Crippen MR) is 81.2 cm³/mol. The van der Waals surface area contributed by atoms with E-state index in [0.717, 1.165) is 6.42 Å². The van der Waals surface area contributed by atoms with E-state index in [-0.39, 0.29) is 17.2 Å². The minimum absolute atomic E-state index is 0.00881. The van der Waals surface area contributed by atoms with Gasteiger partial charge >= 0.3 is 6.09 Å². The topological polar surface area (TPSA) is 41.6 Å². The third-order valence-electron chi connectivity index (χ3n) is 3.15. The Balaban J connectivity index is 1.94. The maximum Gasteiger partial charge on any atom is 0.410 e. The second-order valence-electron chi connectivity index (χ2n) is 6.16. The number of carbonyl (C=O) groups excluding carboxylic acids is 1. The van der Waals surface area contributed by atoms with Crippen LogP contribution in [-0.2, 0) is 4.74 Å². The number of likely N-dealkylation sites (tertiary alicyclic amines) is 1. The van der Waals surface area contributed by atoms with E-state index in [1.807, 2.05) is 20.8 Å². The molecule has 0 spiro atoms. The Morgan fingerprint density at radius 1 is 1.48 bits per heavy atom. The summed E-state index contributed by atoms with van der Waals surface area (Å²) in [7, 11) is 0. The van der Waals surface area contributed by atoms with E-state index in [1.165, 1.54) is 6.07 Å². The number of hydrogen-bond acceptors (Lipinski definition) is 3. The van der Waals surface area contributed by atoms with Crippen molar-refractivity contribution in [1.29, 1.82) is 0 Å². The minimum atomic E-state index is -0.512. The van der Waals surface area contributed by atoms with Crippen LogP contribution in [0.2, 0.25) is 5.02 Å². The van der Waals surface area contributed by atoms with Gasteiger partial charge < -0.3 is 15.0 Å². The number of carbonyl (C=O) groups is 1. The Labute approximate surface area is 129 Å². The lowest BCUT2D eigenvalue weighted by Crippen LogP contribution is -2.36. The Kier molecular flexibility index (Phi) is 4.61. The largest absolute Gasteiger partial charge is 0.444 e. The fraction of sp³-hybridized carbons (Fsp3) is 0.533. The predicted octanol–water partition coefficient (Wildman–Crippen LogP) is 3.90. The lowest BCUT2D eigenvalue weighted by atomic mass is 10.2. The van der Waals surface area contributed by atoms with Crippen LogP contribution in [-0.4, -0.2) is 35.7 Å². The molecule has 6 heteroatoms. The Morgan fingerprint density at radius 3 is 2.86 bits per heavy atom. The van der Waals surface area contributed by atoms with Gasteiger partial charge in [0, 0.05) is 19.1 Å². The van der Waals surface area contributed by atoms with Crippen molar-refractivity contribution >= 4 is 23.4 Å². The first-order valence-corrected chi connectivity index (χ1v) is 7.32. The molecule has 1 aliphatic rings. The van der Waals surface area contributed by atoms with Crippen molar-refractivity contribution in [3.8, 4) is 0 Å². The molecule has 4 nitrogen and oxygen atoms in total. The van der Waals surface area contributed by atoms with Crippen molar-refractivity contribution in [2.75, 3.05) is 18.4 Å². The Morgan fingerprint density at radius 2 is 2.19 bits per heavy atom. The quantitative estimate of drug-likeness (QED) is 0.900. The summed E-state index contributed by atoms with van der Waals surface area (Å²) in [4.78, 5) is 13.6. The molecule has 2 rings (SSSR count). The summed E-state index contributed by atoms with van der Waals surface area (Å²) >= 11 is 5.75. The molecule has 0 saturated carbocycles. The normalized spacial score (nSPS) is 18.7. The molecule has 0 radical (unpaired) electrons. The zero-order chi connectivity index (χ0) is 15.6. The van der Waals surface area contributed by atoms with Gasteiger partial charge in [0.25, 0.3) is 0 Å². The molecule has 1 heterocycles. The van der Waals surface area contributed by atoms with Crippen molar-refractivity contribution in [1.82, 2.24) is 4.90 Å². The highest BCUT2D eigenvalue weighted by Crippen LogP contribution is 2.25. The molecule has 1 unspecified atom stereocenters. The summed E-state index contributed by atoms with van der Waals surface area (Å²) < 4.78 is 19.2. The van der Waals surface area contributed by atoms with Crippen LogP contribution in [0.1, 0.15) is 27.2 Å². The molecule has 1 aromatic carbocycles. The van der Waals surface area contributed by atoms with Crippen molar-refractivity contribution in [3.63, 3.8) is 0 Å². The fourth-order valence-corrected chi connectivity index (χ4v) is 2.38. The van der Waals surface area contributed by atoms with Gasteiger partial charge in [-0.25, -0.2) is 9.18 Å². The highest BCUT2D eigenvalue weighted by atomic mass is 35.5. The lowest BCUT2D eigenvalue weighted by Gasteiger charge is -2.24. The van der Waals surface area contributed by atoms with Crippen LogP contribution in [0.5, 0.6) is 0 Å². The van der Waals surface area contributed by atoms with Gasteiger partial charge in [0.15, 0.2) is 5.82 Å². The smallest absolute Gasteiger partial charge is 0.410 e. The Hall–Kier alpha value is -1.49. The molecule has 1 aromatic rings. The van der Waals surface area contributed by atoms with Gasteiger partial charge in [-0.3, -0.25) is 0 Å². The molecule has 21 heavy (non-hydrogen) atoms. The molecule has 1 N–H and O–H groups in total. The second kappa shape index (κ2) is 6.10. The average molecular weight is 315 g/mol. The highest BCUT2D eigenvalue weighted by molar-refractivity contribution is 6.31. The monoisotopic (exact) mass is 314 g/mol. The maximum absolute atomic E-state index is 13.8. The van der Waals surface area contributed by atoms with E-state index >= 15 is 0 Å². The summed E-state index contributed by atoms with van der Waals surface area (Å²) in [5, 5.41) is 3.17. The van der Waals surface area contributed by atoms with Crippen molar-refractivity contribution in [2.45, 2.75) is 38.8 Å². The van der Waals surface area contributed by atoms with Crippen LogP contribution in [0.3, 0.4) is 0 Å². The molecule has 1 amide bonds. The van der Waals surface area contributed by atoms with E-state index < -0.39 is 11.4 Å². The summed E-state index contributed by atoms with van der Waals surface area (Å²) in [5.74, 6) is -0.463. The van der Waals surface area contributed by atoms with Crippen LogP contribution >= 0.6 is 11.6 Å². The molecule has 116 valence electrons. The molecule has 0 aromatic heterocycles. The first-order valence-electron chi connectivity index (χ1n) is 6.95. The van der Waals surface area contributed by atoms with Crippen LogP contribution in [0.4, 0.5) is 14.9 Å². The van der Waals surface area contributed by atoms with Gasteiger partial charge in [-0.15, -0.1) is 0 Å². The average Bonchev–Trinajstić information content (AvgIpc) is 2.82. The molecular weight excluding hydrogens is 295 g/mol. The summed E-state index contributed by atoms with van der Waals surface area (Å²) in [6.45, 7) is 6.57. The molecule has 1 aliphatic heterocycles. The number of rotatable bonds is 2. The van der Waals surface area contributed by atoms with E-state index in [2.05, 4.69) is 5.32 Å². The fourth-order valence-electron chi connectivity index (χ4n) is 2.21. The zero-order valence-corrected chi connectivity index (χ0v) is 13.2. The standard InChI is InChI=1S/C15H20ClFN2O2/c1-15(2,3)21-14(20)19-8-7-10(9-19)18-12-6-4-5-11(16)13(12)17/h4-6,10,18H,7-9H2,1-3H3. The molecule has 1 saturated heterocycles. The number of anilines is 1. The first kappa shape index (κ1) is 15.9. The SMILES string of the molecule is CC(C)(C)OC(=O)N1CCC(Nc2cccc(Cl)c2F)C1. The molecule has 0 bridgehead atoms. The van der Waals surface area contributed by atoms with E-state index in [0.29, 0.717) is 18.8 Å². The molecule has 1 fully saturated rings. The molecular formula is C15H20ClFN2O2. The highest BCUT2D eigenvalue weighted by Gasteiger charge is 2.30. The van der Waals surface area contributed by atoms with Gasteiger partial charge in [-0.05, 0) is 39.3 Å². The Bertz CT molecular complexity index is 531. The van der Waals surface area contributed by atoms with Crippen LogP contribution in [0.15, 0.2) is 18.2 Å². The minimum Gasteiger partial charge on any atom is -0.444 e. The number of benzene rings is 1. The number of halogens is 2. The van der Waals surface area contributed by atoms with E-state index in [9.17, 15) is 9.18 Å². The number of amides is 1. The lowest BCUT2D eigenvalue weighted by molar-refractivity contribution is 0.0293. The summed E-state index contributed by atoms with van der Waals surface area (Å²) in [6, 6.07) is 4.82. The number of hydrogen-bond donors (Lipinski definition) is 1. The zero-order valence-electron chi connectivity index (χ0n) is 12.5. The van der Waals surface area contributed by atoms with Gasteiger partial charge in [0.1, 0.15) is 5.60 Å². The van der Waals surface area contributed by atoms with Crippen LogP contribution < -0.4 is 5.32 Å². The van der Waals surface area contributed by atoms with Crippen LogP contribution in [0, 0.1) is 5.82 Å². The molecule has 1 atom stereocenters. The van der Waals surface area contributed by atoms with Crippen molar-refractivity contribution in [2.24, 2.45) is 0 Å². The maximum atomic E-state index is 13.8. The summed E-state index contributed by atoms with van der Waals surface area (Å²) in [5.41, 5.74) is -0.152. The van der Waals surface area contributed by atoms with Crippen molar-refractivity contribution in [3.05, 3.63) is 29.0 Å². The van der Waals surface area contributed by atoms with Gasteiger partial charge in [-0.2, -0.15) is 0 Å². The van der Waals surface area contributed by atoms with E-state index in [4.69, 9.17) is 16.3 Å². The second-order valence-corrected chi connectivity index (χ2v) is 6.56. The van der Waals surface area contributed by atoms with E-state index in [1.54, 1.807) is 17.0 Å². The third-order valence-corrected chi connectivity index (χ3v) is 3.44. The number of ether oxygens (including phenoxy) is 1.